The Labute approximate surface area is 101 Å². The van der Waals surface area contributed by atoms with Gasteiger partial charge in [-0.2, -0.15) is 0 Å². The summed E-state index contributed by atoms with van der Waals surface area (Å²) in [4.78, 5) is 12.1. The normalized spacial score (nSPS) is 21.1. The first-order valence-corrected chi connectivity index (χ1v) is 6.22. The predicted octanol–water partition coefficient (Wildman–Crippen LogP) is 2.29. The van der Waals surface area contributed by atoms with Crippen molar-refractivity contribution in [2.45, 2.75) is 37.6 Å². The maximum Gasteiger partial charge on any atom is 0.252 e. The van der Waals surface area contributed by atoms with Gasteiger partial charge in [0.2, 0.25) is 0 Å². The topological polar surface area (TPSA) is 38.3 Å². The maximum absolute atomic E-state index is 12.1. The standard InChI is InChI=1S/C14H17NO2/c1-17-11-5-4-10-9-14(6-2-3-7-14)15-13(16)12(10)8-11/h4-5,8H,2-3,6-7,9H2,1H3,(H,15,16). The molecule has 1 aliphatic carbocycles. The van der Waals surface area contributed by atoms with Crippen molar-refractivity contribution in [2.24, 2.45) is 0 Å². The molecule has 1 aromatic carbocycles. The van der Waals surface area contributed by atoms with E-state index in [0.717, 1.165) is 36.1 Å². The van der Waals surface area contributed by atoms with Gasteiger partial charge in [0.1, 0.15) is 5.75 Å². The first kappa shape index (κ1) is 10.6. The zero-order chi connectivity index (χ0) is 11.9. The van der Waals surface area contributed by atoms with Gasteiger partial charge in [-0.3, -0.25) is 4.79 Å². The third-order valence-corrected chi connectivity index (χ3v) is 4.03. The summed E-state index contributed by atoms with van der Waals surface area (Å²) in [5.74, 6) is 0.813. The number of hydrogen-bond donors (Lipinski definition) is 1. The van der Waals surface area contributed by atoms with Gasteiger partial charge in [-0.15, -0.1) is 0 Å². The smallest absolute Gasteiger partial charge is 0.252 e. The van der Waals surface area contributed by atoms with Crippen LogP contribution in [0, 0.1) is 0 Å². The number of nitrogens with one attached hydrogen (secondary N) is 1. The number of carbonyl (C=O) groups excluding carboxylic acids is 1. The summed E-state index contributed by atoms with van der Waals surface area (Å²) in [7, 11) is 1.63. The molecule has 1 aromatic rings. The minimum Gasteiger partial charge on any atom is -0.497 e. The summed E-state index contributed by atoms with van der Waals surface area (Å²) in [6, 6.07) is 5.82. The molecule has 0 radical (unpaired) electrons. The SMILES string of the molecule is COc1ccc2c(c1)C(=O)NC1(CCCC1)C2. The van der Waals surface area contributed by atoms with E-state index in [4.69, 9.17) is 4.74 Å². The van der Waals surface area contributed by atoms with Gasteiger partial charge in [0.05, 0.1) is 7.11 Å². The van der Waals surface area contributed by atoms with Crippen molar-refractivity contribution in [1.82, 2.24) is 5.32 Å². The summed E-state index contributed by atoms with van der Waals surface area (Å²) in [5, 5.41) is 3.20. The van der Waals surface area contributed by atoms with Crippen LogP contribution >= 0.6 is 0 Å². The Morgan fingerprint density at radius 3 is 2.76 bits per heavy atom. The summed E-state index contributed by atoms with van der Waals surface area (Å²) in [6.45, 7) is 0. The molecule has 3 heteroatoms. The second kappa shape index (κ2) is 3.76. The number of methoxy groups -OCH3 is 1. The van der Waals surface area contributed by atoms with Gasteiger partial charge in [-0.05, 0) is 37.0 Å². The lowest BCUT2D eigenvalue weighted by Crippen LogP contribution is -2.51. The Morgan fingerprint density at radius 2 is 2.06 bits per heavy atom. The van der Waals surface area contributed by atoms with Crippen LogP contribution in [0.15, 0.2) is 18.2 Å². The first-order chi connectivity index (χ1) is 8.22. The van der Waals surface area contributed by atoms with Crippen LogP contribution in [-0.2, 0) is 6.42 Å². The molecule has 1 heterocycles. The third-order valence-electron chi connectivity index (χ3n) is 4.03. The molecular weight excluding hydrogens is 214 g/mol. The zero-order valence-corrected chi connectivity index (χ0v) is 10.1. The van der Waals surface area contributed by atoms with E-state index in [9.17, 15) is 4.79 Å². The summed E-state index contributed by atoms with van der Waals surface area (Å²) in [5.41, 5.74) is 1.98. The van der Waals surface area contributed by atoms with Gasteiger partial charge in [0.25, 0.3) is 5.91 Å². The summed E-state index contributed by atoms with van der Waals surface area (Å²) in [6.07, 6.45) is 5.66. The summed E-state index contributed by atoms with van der Waals surface area (Å²) < 4.78 is 5.17. The van der Waals surface area contributed by atoms with E-state index in [2.05, 4.69) is 5.32 Å². The highest BCUT2D eigenvalue weighted by molar-refractivity contribution is 5.98. The molecule has 0 atom stereocenters. The minimum atomic E-state index is 0.0403. The number of amides is 1. The van der Waals surface area contributed by atoms with Crippen molar-refractivity contribution >= 4 is 5.91 Å². The number of ether oxygens (including phenoxy) is 1. The molecule has 1 aliphatic heterocycles. The molecule has 1 spiro atoms. The highest BCUT2D eigenvalue weighted by Gasteiger charge is 2.39. The zero-order valence-electron chi connectivity index (χ0n) is 10.1. The van der Waals surface area contributed by atoms with E-state index in [1.54, 1.807) is 7.11 Å². The van der Waals surface area contributed by atoms with Crippen LogP contribution < -0.4 is 10.1 Å². The molecule has 1 fully saturated rings. The van der Waals surface area contributed by atoms with Gasteiger partial charge < -0.3 is 10.1 Å². The van der Waals surface area contributed by atoms with E-state index in [0.29, 0.717) is 0 Å². The van der Waals surface area contributed by atoms with E-state index in [-0.39, 0.29) is 11.4 Å². The van der Waals surface area contributed by atoms with E-state index >= 15 is 0 Å². The number of rotatable bonds is 1. The first-order valence-electron chi connectivity index (χ1n) is 6.22. The highest BCUT2D eigenvalue weighted by atomic mass is 16.5. The largest absolute Gasteiger partial charge is 0.497 e. The van der Waals surface area contributed by atoms with Gasteiger partial charge in [-0.1, -0.05) is 18.9 Å². The van der Waals surface area contributed by atoms with E-state index < -0.39 is 0 Å². The fourth-order valence-corrected chi connectivity index (χ4v) is 3.12. The Bertz CT molecular complexity index is 461. The van der Waals surface area contributed by atoms with Crippen LogP contribution in [-0.4, -0.2) is 18.6 Å². The van der Waals surface area contributed by atoms with Crippen LogP contribution in [0.5, 0.6) is 5.75 Å². The van der Waals surface area contributed by atoms with Crippen molar-refractivity contribution in [3.8, 4) is 5.75 Å². The molecule has 1 saturated carbocycles. The Balaban J connectivity index is 1.99. The predicted molar refractivity (Wildman–Crippen MR) is 65.4 cm³/mol. The lowest BCUT2D eigenvalue weighted by atomic mass is 9.83. The molecule has 2 aliphatic rings. The summed E-state index contributed by atoms with van der Waals surface area (Å²) >= 11 is 0. The second-order valence-electron chi connectivity index (χ2n) is 5.14. The number of hydrogen-bond acceptors (Lipinski definition) is 2. The number of fused-ring (bicyclic) bond motifs is 1. The van der Waals surface area contributed by atoms with Crippen LogP contribution in [0.3, 0.4) is 0 Å². The molecule has 1 amide bonds. The minimum absolute atomic E-state index is 0.0403. The molecule has 1 N–H and O–H groups in total. The van der Waals surface area contributed by atoms with Crippen LogP contribution in [0.25, 0.3) is 0 Å². The lowest BCUT2D eigenvalue weighted by molar-refractivity contribution is 0.0880. The Hall–Kier alpha value is -1.51. The van der Waals surface area contributed by atoms with Crippen LogP contribution in [0.1, 0.15) is 41.6 Å². The quantitative estimate of drug-likeness (QED) is 0.805. The van der Waals surface area contributed by atoms with Crippen molar-refractivity contribution < 1.29 is 9.53 Å². The number of carbonyl (C=O) groups is 1. The molecule has 3 rings (SSSR count). The average Bonchev–Trinajstić information content (AvgIpc) is 2.77. The van der Waals surface area contributed by atoms with Gasteiger partial charge in [0.15, 0.2) is 0 Å². The molecule has 17 heavy (non-hydrogen) atoms. The fourth-order valence-electron chi connectivity index (χ4n) is 3.12. The molecule has 0 saturated heterocycles. The van der Waals surface area contributed by atoms with Gasteiger partial charge in [-0.25, -0.2) is 0 Å². The second-order valence-corrected chi connectivity index (χ2v) is 5.14. The molecule has 0 aromatic heterocycles. The fraction of sp³-hybridized carbons (Fsp3) is 0.500. The van der Waals surface area contributed by atoms with Gasteiger partial charge >= 0.3 is 0 Å². The van der Waals surface area contributed by atoms with Crippen molar-refractivity contribution in [3.05, 3.63) is 29.3 Å². The lowest BCUT2D eigenvalue weighted by Gasteiger charge is -2.35. The molecule has 3 nitrogen and oxygen atoms in total. The molecular formula is C14H17NO2. The Kier molecular flexibility index (Phi) is 2.35. The van der Waals surface area contributed by atoms with Crippen LogP contribution in [0.2, 0.25) is 0 Å². The third kappa shape index (κ3) is 1.70. The van der Waals surface area contributed by atoms with E-state index in [1.165, 1.54) is 12.8 Å². The number of benzene rings is 1. The van der Waals surface area contributed by atoms with Gasteiger partial charge in [0, 0.05) is 11.1 Å². The van der Waals surface area contributed by atoms with E-state index in [1.807, 2.05) is 18.2 Å². The van der Waals surface area contributed by atoms with Crippen molar-refractivity contribution in [3.63, 3.8) is 0 Å². The molecule has 0 unspecified atom stereocenters. The molecule has 90 valence electrons. The van der Waals surface area contributed by atoms with Crippen molar-refractivity contribution in [1.29, 1.82) is 0 Å². The highest BCUT2D eigenvalue weighted by Crippen LogP contribution is 2.37. The van der Waals surface area contributed by atoms with Crippen LogP contribution in [0.4, 0.5) is 0 Å². The molecule has 0 bridgehead atoms. The monoisotopic (exact) mass is 231 g/mol. The average molecular weight is 231 g/mol. The maximum atomic E-state index is 12.1. The Morgan fingerprint density at radius 1 is 1.29 bits per heavy atom. The van der Waals surface area contributed by atoms with Crippen molar-refractivity contribution in [2.75, 3.05) is 7.11 Å².